The number of carbonyl (C=O) groups excluding carboxylic acids is 1. The van der Waals surface area contributed by atoms with Gasteiger partial charge in [0.25, 0.3) is 5.91 Å². The lowest BCUT2D eigenvalue weighted by Crippen LogP contribution is -2.32. The van der Waals surface area contributed by atoms with Crippen molar-refractivity contribution in [3.8, 4) is 17.0 Å². The molecule has 0 bridgehead atoms. The number of anilines is 1. The number of pyridine rings is 2. The van der Waals surface area contributed by atoms with Gasteiger partial charge in [0.2, 0.25) is 5.88 Å². The Morgan fingerprint density at radius 3 is 2.69 bits per heavy atom. The number of aliphatic hydroxyl groups is 1. The van der Waals surface area contributed by atoms with Crippen LogP contribution in [0.1, 0.15) is 40.5 Å². The zero-order valence-corrected chi connectivity index (χ0v) is 19.9. The minimum Gasteiger partial charge on any atom is -0.478 e. The maximum Gasteiger partial charge on any atom is 0.416 e. The molecule has 1 aromatic carbocycles. The minimum atomic E-state index is -4.55. The number of halogens is 3. The van der Waals surface area contributed by atoms with E-state index in [1.165, 1.54) is 18.3 Å². The largest absolute Gasteiger partial charge is 0.478 e. The molecule has 7 nitrogen and oxygen atoms in total. The molecule has 3 aromatic rings. The Bertz CT molecular complexity index is 1260. The van der Waals surface area contributed by atoms with Gasteiger partial charge in [-0.15, -0.1) is 0 Å². The number of benzene rings is 1. The first-order valence-corrected chi connectivity index (χ1v) is 11.4. The first kappa shape index (κ1) is 25.6. The molecule has 1 atom stereocenters. The van der Waals surface area contributed by atoms with Crippen LogP contribution in [0.25, 0.3) is 11.1 Å². The van der Waals surface area contributed by atoms with E-state index < -0.39 is 23.1 Å². The predicted molar refractivity (Wildman–Crippen MR) is 127 cm³/mol. The van der Waals surface area contributed by atoms with Crippen LogP contribution in [0.3, 0.4) is 0 Å². The lowest BCUT2D eigenvalue weighted by atomic mass is 9.80. The van der Waals surface area contributed by atoms with Gasteiger partial charge in [0.1, 0.15) is 0 Å². The minimum absolute atomic E-state index is 0.122. The van der Waals surface area contributed by atoms with Crippen LogP contribution in [-0.2, 0) is 16.3 Å². The summed E-state index contributed by atoms with van der Waals surface area (Å²) >= 11 is 0. The van der Waals surface area contributed by atoms with Crippen molar-refractivity contribution in [3.05, 3.63) is 71.2 Å². The van der Waals surface area contributed by atoms with Gasteiger partial charge in [-0.2, -0.15) is 13.2 Å². The van der Waals surface area contributed by atoms with Gasteiger partial charge in [-0.1, -0.05) is 6.07 Å². The number of nitrogens with zero attached hydrogens (tertiary/aromatic N) is 2. The van der Waals surface area contributed by atoms with Crippen molar-refractivity contribution in [2.45, 2.75) is 31.9 Å². The molecule has 4 rings (SSSR count). The van der Waals surface area contributed by atoms with Crippen LogP contribution in [-0.4, -0.2) is 47.4 Å². The Labute approximate surface area is 206 Å². The Morgan fingerprint density at radius 1 is 1.22 bits per heavy atom. The highest BCUT2D eigenvalue weighted by Gasteiger charge is 2.39. The first-order valence-electron chi connectivity index (χ1n) is 11.4. The molecule has 0 spiro atoms. The molecule has 1 fully saturated rings. The van der Waals surface area contributed by atoms with Gasteiger partial charge < -0.3 is 19.9 Å². The van der Waals surface area contributed by atoms with Gasteiger partial charge in [-0.3, -0.25) is 9.78 Å². The summed E-state index contributed by atoms with van der Waals surface area (Å²) in [6, 6.07) is 7.78. The quantitative estimate of drug-likeness (QED) is 0.484. The molecule has 3 heterocycles. The number of hydrogen-bond acceptors (Lipinski definition) is 6. The third kappa shape index (κ3) is 5.19. The summed E-state index contributed by atoms with van der Waals surface area (Å²) in [4.78, 5) is 21.5. The molecular weight excluding hydrogens is 475 g/mol. The average Bonchev–Trinajstić information content (AvgIpc) is 3.35. The molecule has 1 aliphatic rings. The number of aryl methyl sites for hydroxylation is 1. The summed E-state index contributed by atoms with van der Waals surface area (Å²) in [6.07, 6.45) is -0.881. The monoisotopic (exact) mass is 501 g/mol. The van der Waals surface area contributed by atoms with E-state index in [0.717, 1.165) is 17.7 Å². The van der Waals surface area contributed by atoms with E-state index in [2.05, 4.69) is 15.3 Å². The Kier molecular flexibility index (Phi) is 7.28. The Morgan fingerprint density at radius 2 is 2.03 bits per heavy atom. The van der Waals surface area contributed by atoms with Crippen LogP contribution >= 0.6 is 0 Å². The van der Waals surface area contributed by atoms with Gasteiger partial charge >= 0.3 is 6.18 Å². The number of hydrogen-bond donors (Lipinski definition) is 2. The molecule has 2 N–H and O–H groups in total. The van der Waals surface area contributed by atoms with E-state index in [-0.39, 0.29) is 12.2 Å². The zero-order valence-electron chi connectivity index (χ0n) is 19.9. The molecular formula is C26H26F3N3O4. The van der Waals surface area contributed by atoms with E-state index in [0.29, 0.717) is 54.6 Å². The summed E-state index contributed by atoms with van der Waals surface area (Å²) in [5.41, 5.74) is 1.37. The normalized spacial score (nSPS) is 17.7. The fraction of sp³-hybridized carbons (Fsp3) is 0.346. The molecule has 1 amide bonds. The second-order valence-electron chi connectivity index (χ2n) is 8.64. The smallest absolute Gasteiger partial charge is 0.416 e. The van der Waals surface area contributed by atoms with Crippen molar-refractivity contribution < 1.29 is 32.5 Å². The highest BCUT2D eigenvalue weighted by Crippen LogP contribution is 2.40. The third-order valence-corrected chi connectivity index (χ3v) is 6.22. The van der Waals surface area contributed by atoms with Crippen LogP contribution < -0.4 is 10.1 Å². The topological polar surface area (TPSA) is 93.6 Å². The Hall–Kier alpha value is -3.50. The van der Waals surface area contributed by atoms with Gasteiger partial charge in [0.15, 0.2) is 0 Å². The number of amides is 1. The summed E-state index contributed by atoms with van der Waals surface area (Å²) in [5.74, 6) is -0.272. The number of rotatable bonds is 7. The van der Waals surface area contributed by atoms with E-state index in [4.69, 9.17) is 9.47 Å². The van der Waals surface area contributed by atoms with Gasteiger partial charge in [0.05, 0.1) is 37.3 Å². The molecule has 190 valence electrons. The number of alkyl halides is 3. The predicted octanol–water partition coefficient (Wildman–Crippen LogP) is 4.77. The van der Waals surface area contributed by atoms with Crippen molar-refractivity contribution in [2.24, 2.45) is 0 Å². The Balaban J connectivity index is 1.67. The SMILES string of the molecule is CCOc1ncc(-c2cc(NC(=O)c3cccc(C(F)(F)F)c3)cnc2C)cc1C1(CO)CCOC1. The summed E-state index contributed by atoms with van der Waals surface area (Å²) < 4.78 is 50.4. The summed E-state index contributed by atoms with van der Waals surface area (Å²) in [5, 5.41) is 12.8. The van der Waals surface area contributed by atoms with Crippen molar-refractivity contribution in [3.63, 3.8) is 0 Å². The number of aromatic nitrogens is 2. The van der Waals surface area contributed by atoms with Crippen molar-refractivity contribution in [2.75, 3.05) is 31.7 Å². The fourth-order valence-corrected chi connectivity index (χ4v) is 4.19. The van der Waals surface area contributed by atoms with Gasteiger partial charge in [0, 0.05) is 46.2 Å². The lowest BCUT2D eigenvalue weighted by molar-refractivity contribution is -0.137. The molecule has 0 saturated carbocycles. The van der Waals surface area contributed by atoms with Crippen molar-refractivity contribution in [1.29, 1.82) is 0 Å². The molecule has 1 saturated heterocycles. The lowest BCUT2D eigenvalue weighted by Gasteiger charge is -2.27. The molecule has 36 heavy (non-hydrogen) atoms. The second-order valence-corrected chi connectivity index (χ2v) is 8.64. The third-order valence-electron chi connectivity index (χ3n) is 6.22. The number of carbonyl (C=O) groups is 1. The van der Waals surface area contributed by atoms with Gasteiger partial charge in [-0.25, -0.2) is 4.98 Å². The van der Waals surface area contributed by atoms with Gasteiger partial charge in [-0.05, 0) is 50.6 Å². The molecule has 10 heteroatoms. The molecule has 0 radical (unpaired) electrons. The highest BCUT2D eigenvalue weighted by molar-refractivity contribution is 6.04. The van der Waals surface area contributed by atoms with Crippen LogP contribution in [0.2, 0.25) is 0 Å². The molecule has 1 aliphatic heterocycles. The molecule has 0 aliphatic carbocycles. The maximum absolute atomic E-state index is 13.0. The number of ether oxygens (including phenoxy) is 2. The van der Waals surface area contributed by atoms with Crippen LogP contribution in [0.5, 0.6) is 5.88 Å². The van der Waals surface area contributed by atoms with E-state index >= 15 is 0 Å². The van der Waals surface area contributed by atoms with Crippen LogP contribution in [0, 0.1) is 6.92 Å². The first-order chi connectivity index (χ1) is 17.2. The van der Waals surface area contributed by atoms with Crippen LogP contribution in [0.4, 0.5) is 18.9 Å². The highest BCUT2D eigenvalue weighted by atomic mass is 19.4. The molecule has 2 aromatic heterocycles. The summed E-state index contributed by atoms with van der Waals surface area (Å²) in [7, 11) is 0. The number of aliphatic hydroxyl groups excluding tert-OH is 1. The van der Waals surface area contributed by atoms with Crippen LogP contribution in [0.15, 0.2) is 48.8 Å². The van der Waals surface area contributed by atoms with E-state index in [9.17, 15) is 23.1 Å². The number of nitrogens with one attached hydrogen (secondary N) is 1. The van der Waals surface area contributed by atoms with Crippen molar-refractivity contribution in [1.82, 2.24) is 9.97 Å². The molecule has 1 unspecified atom stereocenters. The average molecular weight is 502 g/mol. The van der Waals surface area contributed by atoms with E-state index in [1.807, 2.05) is 13.0 Å². The second kappa shape index (κ2) is 10.2. The fourth-order valence-electron chi connectivity index (χ4n) is 4.19. The van der Waals surface area contributed by atoms with E-state index in [1.54, 1.807) is 19.2 Å². The summed E-state index contributed by atoms with van der Waals surface area (Å²) in [6.45, 7) is 4.75. The maximum atomic E-state index is 13.0. The zero-order chi connectivity index (χ0) is 25.9. The standard InChI is InChI=1S/C26H26F3N3O4/c1-3-36-24-22(25(14-33)7-8-35-15-25)10-18(12-31-24)21-11-20(13-30-16(21)2)32-23(34)17-5-4-6-19(9-17)26(27,28)29/h4-6,9-13,33H,3,7-8,14-15H2,1-2H3,(H,32,34). The van der Waals surface area contributed by atoms with Crippen molar-refractivity contribution >= 4 is 11.6 Å².